The molecule has 0 aliphatic heterocycles. The normalized spacial score (nSPS) is 11.3. The number of aromatic nitrogens is 3. The van der Waals surface area contributed by atoms with Gasteiger partial charge in [-0.15, -0.1) is 0 Å². The van der Waals surface area contributed by atoms with Crippen LogP contribution in [0.2, 0.25) is 0 Å². The molecule has 0 amide bonds. The van der Waals surface area contributed by atoms with Crippen LogP contribution in [0.4, 0.5) is 0 Å². The lowest BCUT2D eigenvalue weighted by Gasteiger charge is -2.13. The van der Waals surface area contributed by atoms with Gasteiger partial charge in [0.2, 0.25) is 0 Å². The number of hydrogen-bond acceptors (Lipinski definition) is 5. The summed E-state index contributed by atoms with van der Waals surface area (Å²) >= 11 is 0. The van der Waals surface area contributed by atoms with Gasteiger partial charge in [0.25, 0.3) is 11.4 Å². The molecule has 0 saturated carbocycles. The lowest BCUT2D eigenvalue weighted by molar-refractivity contribution is 0.304. The molecule has 2 aromatic carbocycles. The first-order valence-corrected chi connectivity index (χ1v) is 9.66. The van der Waals surface area contributed by atoms with E-state index in [1.165, 1.54) is 0 Å². The summed E-state index contributed by atoms with van der Waals surface area (Å²) in [5.41, 5.74) is 2.70. The van der Waals surface area contributed by atoms with E-state index in [0.717, 1.165) is 11.3 Å². The van der Waals surface area contributed by atoms with Gasteiger partial charge in [-0.3, -0.25) is 9.36 Å². The molecule has 6 heteroatoms. The number of fused-ring (bicyclic) bond motifs is 1. The summed E-state index contributed by atoms with van der Waals surface area (Å²) in [7, 11) is 0. The predicted molar refractivity (Wildman–Crippen MR) is 118 cm³/mol. The Hall–Kier alpha value is -3.93. The summed E-state index contributed by atoms with van der Waals surface area (Å²) in [6, 6.07) is 16.6. The largest absolute Gasteiger partial charge is 0.503 e. The van der Waals surface area contributed by atoms with Crippen LogP contribution in [0, 0.1) is 6.92 Å². The summed E-state index contributed by atoms with van der Waals surface area (Å²) in [5, 5.41) is 11.0. The lowest BCUT2D eigenvalue weighted by atomic mass is 10.1. The maximum Gasteiger partial charge on any atom is 0.266 e. The van der Waals surface area contributed by atoms with E-state index < -0.39 is 0 Å². The molecule has 6 nitrogen and oxygen atoms in total. The molecule has 2 aromatic heterocycles. The van der Waals surface area contributed by atoms with Crippen molar-refractivity contribution in [1.29, 1.82) is 0 Å². The minimum absolute atomic E-state index is 0.0545. The van der Waals surface area contributed by atoms with Gasteiger partial charge in [0.05, 0.1) is 23.2 Å². The highest BCUT2D eigenvalue weighted by Gasteiger charge is 2.13. The second kappa shape index (κ2) is 8.21. The Labute approximate surface area is 173 Å². The first-order chi connectivity index (χ1) is 14.6. The number of pyridine rings is 1. The van der Waals surface area contributed by atoms with Crippen molar-refractivity contribution in [2.24, 2.45) is 0 Å². The van der Waals surface area contributed by atoms with Gasteiger partial charge in [-0.1, -0.05) is 30.3 Å². The standard InChI is InChI=1S/C24H21N3O3/c1-3-30-23-22(28)17(14-15-25-23)12-13-21-26-19-10-6-5-9-18(19)24(29)27(21)20-11-7-4-8-16(20)2/h4-15,28H,3H2,1-2H3/b13-12+. The maximum absolute atomic E-state index is 13.3. The van der Waals surface area contributed by atoms with Crippen molar-refractivity contribution in [2.75, 3.05) is 6.61 Å². The van der Waals surface area contributed by atoms with Gasteiger partial charge in [-0.05, 0) is 55.8 Å². The van der Waals surface area contributed by atoms with Crippen molar-refractivity contribution >= 4 is 23.1 Å². The van der Waals surface area contributed by atoms with Gasteiger partial charge < -0.3 is 9.84 Å². The minimum atomic E-state index is -0.150. The topological polar surface area (TPSA) is 77.2 Å². The fourth-order valence-corrected chi connectivity index (χ4v) is 3.30. The number of hydrogen-bond donors (Lipinski definition) is 1. The predicted octanol–water partition coefficient (Wildman–Crippen LogP) is 4.36. The van der Waals surface area contributed by atoms with E-state index in [1.807, 2.05) is 56.3 Å². The molecule has 1 N–H and O–H groups in total. The molecule has 0 aliphatic rings. The van der Waals surface area contributed by atoms with Crippen molar-refractivity contribution in [3.63, 3.8) is 0 Å². The van der Waals surface area contributed by atoms with Crippen LogP contribution in [-0.4, -0.2) is 26.2 Å². The lowest BCUT2D eigenvalue weighted by Crippen LogP contribution is -2.23. The third-order valence-corrected chi connectivity index (χ3v) is 4.77. The summed E-state index contributed by atoms with van der Waals surface area (Å²) in [4.78, 5) is 22.1. The Morgan fingerprint density at radius 1 is 1.07 bits per heavy atom. The zero-order valence-corrected chi connectivity index (χ0v) is 16.7. The summed E-state index contributed by atoms with van der Waals surface area (Å²) in [5.74, 6) is 0.575. The minimum Gasteiger partial charge on any atom is -0.503 e. The zero-order chi connectivity index (χ0) is 21.1. The van der Waals surface area contributed by atoms with Crippen LogP contribution >= 0.6 is 0 Å². The van der Waals surface area contributed by atoms with E-state index in [1.54, 1.807) is 35.0 Å². The van der Waals surface area contributed by atoms with E-state index in [0.29, 0.717) is 28.9 Å². The molecule has 30 heavy (non-hydrogen) atoms. The average molecular weight is 399 g/mol. The molecule has 0 fully saturated rings. The molecule has 0 atom stereocenters. The van der Waals surface area contributed by atoms with Gasteiger partial charge in [0.1, 0.15) is 5.82 Å². The molecule has 4 rings (SSSR count). The second-order valence-electron chi connectivity index (χ2n) is 6.73. The Kier molecular flexibility index (Phi) is 5.30. The van der Waals surface area contributed by atoms with Crippen LogP contribution in [0.25, 0.3) is 28.7 Å². The van der Waals surface area contributed by atoms with Crippen molar-refractivity contribution in [2.45, 2.75) is 13.8 Å². The smallest absolute Gasteiger partial charge is 0.266 e. The van der Waals surface area contributed by atoms with E-state index in [-0.39, 0.29) is 17.2 Å². The number of aromatic hydroxyl groups is 1. The SMILES string of the molecule is CCOc1nccc(/C=C/c2nc3ccccc3c(=O)n2-c2ccccc2C)c1O. The summed E-state index contributed by atoms with van der Waals surface area (Å²) in [6.45, 7) is 4.17. The Morgan fingerprint density at radius 2 is 1.83 bits per heavy atom. The molecule has 0 unspecified atom stereocenters. The van der Waals surface area contributed by atoms with E-state index in [2.05, 4.69) is 4.98 Å². The molecule has 150 valence electrons. The van der Waals surface area contributed by atoms with Crippen LogP contribution in [0.3, 0.4) is 0 Å². The highest BCUT2D eigenvalue weighted by molar-refractivity contribution is 5.80. The second-order valence-corrected chi connectivity index (χ2v) is 6.73. The Morgan fingerprint density at radius 3 is 2.63 bits per heavy atom. The van der Waals surface area contributed by atoms with Gasteiger partial charge in [-0.25, -0.2) is 9.97 Å². The van der Waals surface area contributed by atoms with Crippen LogP contribution in [0.1, 0.15) is 23.9 Å². The van der Waals surface area contributed by atoms with Crippen LogP contribution < -0.4 is 10.3 Å². The fourth-order valence-electron chi connectivity index (χ4n) is 3.30. The average Bonchev–Trinajstić information content (AvgIpc) is 2.75. The highest BCUT2D eigenvalue weighted by atomic mass is 16.5. The van der Waals surface area contributed by atoms with Gasteiger partial charge >= 0.3 is 0 Å². The zero-order valence-electron chi connectivity index (χ0n) is 16.7. The highest BCUT2D eigenvalue weighted by Crippen LogP contribution is 2.28. The number of rotatable bonds is 5. The molecular weight excluding hydrogens is 378 g/mol. The first-order valence-electron chi connectivity index (χ1n) is 9.66. The molecular formula is C24H21N3O3. The number of aryl methyl sites for hydroxylation is 1. The van der Waals surface area contributed by atoms with Crippen molar-refractivity contribution in [3.05, 3.63) is 88.1 Å². The number of para-hydroxylation sites is 2. The van der Waals surface area contributed by atoms with Crippen LogP contribution in [0.15, 0.2) is 65.6 Å². The Balaban J connectivity index is 1.92. The molecule has 0 saturated heterocycles. The number of nitrogens with zero attached hydrogens (tertiary/aromatic N) is 3. The quantitative estimate of drug-likeness (QED) is 0.539. The first kappa shape index (κ1) is 19.4. The third kappa shape index (κ3) is 3.55. The van der Waals surface area contributed by atoms with E-state index >= 15 is 0 Å². The maximum atomic E-state index is 13.3. The van der Waals surface area contributed by atoms with Gasteiger partial charge in [-0.2, -0.15) is 0 Å². The van der Waals surface area contributed by atoms with Crippen molar-refractivity contribution in [3.8, 4) is 17.3 Å². The molecule has 0 bridgehead atoms. The van der Waals surface area contributed by atoms with Crippen molar-refractivity contribution in [1.82, 2.24) is 14.5 Å². The number of ether oxygens (including phenoxy) is 1. The molecule has 0 radical (unpaired) electrons. The van der Waals surface area contributed by atoms with E-state index in [4.69, 9.17) is 9.72 Å². The van der Waals surface area contributed by atoms with Gasteiger partial charge in [0, 0.05) is 11.8 Å². The number of benzene rings is 2. The van der Waals surface area contributed by atoms with Crippen LogP contribution in [-0.2, 0) is 0 Å². The van der Waals surface area contributed by atoms with Gasteiger partial charge in [0.15, 0.2) is 5.75 Å². The molecule has 2 heterocycles. The molecule has 4 aromatic rings. The van der Waals surface area contributed by atoms with Crippen LogP contribution in [0.5, 0.6) is 11.6 Å². The summed E-state index contributed by atoms with van der Waals surface area (Å²) in [6.07, 6.45) is 4.97. The third-order valence-electron chi connectivity index (χ3n) is 4.77. The van der Waals surface area contributed by atoms with Crippen molar-refractivity contribution < 1.29 is 9.84 Å². The summed E-state index contributed by atoms with van der Waals surface area (Å²) < 4.78 is 6.94. The Bertz CT molecular complexity index is 1310. The van der Waals surface area contributed by atoms with E-state index in [9.17, 15) is 9.90 Å². The fraction of sp³-hybridized carbons (Fsp3) is 0.125. The molecule has 0 aliphatic carbocycles. The monoisotopic (exact) mass is 399 g/mol. The molecule has 0 spiro atoms.